The summed E-state index contributed by atoms with van der Waals surface area (Å²) in [6, 6.07) is 8.41. The topological polar surface area (TPSA) is 97.3 Å². The molecule has 7 nitrogen and oxygen atoms in total. The highest BCUT2D eigenvalue weighted by Crippen LogP contribution is 2.33. The zero-order chi connectivity index (χ0) is 15.7. The van der Waals surface area contributed by atoms with Gasteiger partial charge in [-0.25, -0.2) is 0 Å². The number of aliphatic hydroxyl groups is 2. The van der Waals surface area contributed by atoms with Crippen molar-refractivity contribution in [2.24, 2.45) is 0 Å². The third-order valence-electron chi connectivity index (χ3n) is 3.83. The van der Waals surface area contributed by atoms with Gasteiger partial charge in [0, 0.05) is 12.5 Å². The molecule has 7 heteroatoms. The van der Waals surface area contributed by atoms with Crippen molar-refractivity contribution in [1.29, 1.82) is 0 Å². The lowest BCUT2D eigenvalue weighted by atomic mass is 9.96. The van der Waals surface area contributed by atoms with E-state index in [9.17, 15) is 15.0 Å². The molecule has 0 aromatic heterocycles. The van der Waals surface area contributed by atoms with Gasteiger partial charge in [-0.15, -0.1) is 0 Å². The van der Waals surface area contributed by atoms with Gasteiger partial charge in [0.05, 0.1) is 6.61 Å². The number of fused-ring (bicyclic) bond motifs is 1. The van der Waals surface area contributed by atoms with E-state index >= 15 is 0 Å². The highest BCUT2D eigenvalue weighted by atomic mass is 16.7. The normalized spacial score (nSPS) is 38.1. The average Bonchev–Trinajstić information content (AvgIpc) is 2.52. The monoisotopic (exact) mass is 309 g/mol. The molecule has 0 unspecified atom stereocenters. The summed E-state index contributed by atoms with van der Waals surface area (Å²) in [7, 11) is 0. The first-order valence-corrected chi connectivity index (χ1v) is 7.17. The number of hydrogen-bond acceptors (Lipinski definition) is 6. The minimum atomic E-state index is -1.30. The van der Waals surface area contributed by atoms with Gasteiger partial charge in [0.1, 0.15) is 24.4 Å². The standard InChI is InChI=1S/C15H19NO6/c1-8(17)16-11-12(18)13-10(21-14(11)19)7-20-15(22-13)9-5-3-2-4-6-9/h2-6,10-15,18-19H,7H2,1H3,(H,16,17)/t10-,11-,12+,13-,14-,15+/m1/s1. The molecule has 2 aliphatic heterocycles. The quantitative estimate of drug-likeness (QED) is 0.693. The van der Waals surface area contributed by atoms with Gasteiger partial charge in [-0.2, -0.15) is 0 Å². The van der Waals surface area contributed by atoms with E-state index in [1.165, 1.54) is 6.92 Å². The van der Waals surface area contributed by atoms with Gasteiger partial charge in [-0.1, -0.05) is 30.3 Å². The second-order valence-corrected chi connectivity index (χ2v) is 5.46. The number of carbonyl (C=O) groups excluding carboxylic acids is 1. The molecule has 2 saturated heterocycles. The molecule has 120 valence electrons. The third kappa shape index (κ3) is 2.99. The van der Waals surface area contributed by atoms with Crippen LogP contribution in [0.25, 0.3) is 0 Å². The first kappa shape index (κ1) is 15.4. The highest BCUT2D eigenvalue weighted by molar-refractivity contribution is 5.73. The lowest BCUT2D eigenvalue weighted by molar-refractivity contribution is -0.337. The van der Waals surface area contributed by atoms with Crippen molar-refractivity contribution in [3.05, 3.63) is 35.9 Å². The smallest absolute Gasteiger partial charge is 0.217 e. The van der Waals surface area contributed by atoms with Crippen LogP contribution < -0.4 is 5.32 Å². The van der Waals surface area contributed by atoms with Gasteiger partial charge in [0.2, 0.25) is 5.91 Å². The predicted octanol–water partition coefficient (Wildman–Crippen LogP) is -0.317. The van der Waals surface area contributed by atoms with Gasteiger partial charge < -0.3 is 29.7 Å². The molecule has 3 N–H and O–H groups in total. The lowest BCUT2D eigenvalue weighted by Crippen LogP contribution is -2.66. The molecule has 0 saturated carbocycles. The number of rotatable bonds is 2. The van der Waals surface area contributed by atoms with Crippen LogP contribution in [0.5, 0.6) is 0 Å². The number of nitrogens with one attached hydrogen (secondary N) is 1. The largest absolute Gasteiger partial charge is 0.388 e. The average molecular weight is 309 g/mol. The number of ether oxygens (including phenoxy) is 3. The predicted molar refractivity (Wildman–Crippen MR) is 74.5 cm³/mol. The molecule has 2 heterocycles. The van der Waals surface area contributed by atoms with Crippen LogP contribution in [0.1, 0.15) is 18.8 Å². The fourth-order valence-corrected chi connectivity index (χ4v) is 2.78. The fraction of sp³-hybridized carbons (Fsp3) is 0.533. The molecule has 2 fully saturated rings. The summed E-state index contributed by atoms with van der Waals surface area (Å²) < 4.78 is 16.8. The summed E-state index contributed by atoms with van der Waals surface area (Å²) in [6.45, 7) is 1.49. The molecule has 0 radical (unpaired) electrons. The van der Waals surface area contributed by atoms with E-state index in [1.807, 2.05) is 30.3 Å². The van der Waals surface area contributed by atoms with Crippen molar-refractivity contribution in [1.82, 2.24) is 5.32 Å². The maximum Gasteiger partial charge on any atom is 0.217 e. The van der Waals surface area contributed by atoms with Crippen LogP contribution in [0.15, 0.2) is 30.3 Å². The van der Waals surface area contributed by atoms with Gasteiger partial charge in [-0.3, -0.25) is 4.79 Å². The number of benzene rings is 1. The van der Waals surface area contributed by atoms with Crippen LogP contribution in [-0.4, -0.2) is 53.4 Å². The van der Waals surface area contributed by atoms with Crippen LogP contribution in [0, 0.1) is 0 Å². The summed E-state index contributed by atoms with van der Waals surface area (Å²) in [5.74, 6) is -0.364. The van der Waals surface area contributed by atoms with Gasteiger partial charge >= 0.3 is 0 Å². The Morgan fingerprint density at radius 2 is 1.95 bits per heavy atom. The van der Waals surface area contributed by atoms with Crippen LogP contribution in [0.2, 0.25) is 0 Å². The molecular weight excluding hydrogens is 290 g/mol. The van der Waals surface area contributed by atoms with Crippen LogP contribution in [0.3, 0.4) is 0 Å². The Kier molecular flexibility index (Phi) is 4.42. The van der Waals surface area contributed by atoms with Crippen LogP contribution in [0.4, 0.5) is 0 Å². The molecule has 6 atom stereocenters. The Morgan fingerprint density at radius 3 is 2.64 bits per heavy atom. The molecule has 0 aliphatic carbocycles. The van der Waals surface area contributed by atoms with E-state index in [0.717, 1.165) is 5.56 Å². The molecular formula is C15H19NO6. The zero-order valence-corrected chi connectivity index (χ0v) is 12.1. The Balaban J connectivity index is 1.75. The summed E-state index contributed by atoms with van der Waals surface area (Å²) in [5.41, 5.74) is 0.829. The second-order valence-electron chi connectivity index (χ2n) is 5.46. The molecule has 3 rings (SSSR count). The van der Waals surface area contributed by atoms with E-state index in [4.69, 9.17) is 14.2 Å². The Hall–Kier alpha value is -1.51. The number of aliphatic hydroxyl groups excluding tert-OH is 2. The molecule has 1 amide bonds. The van der Waals surface area contributed by atoms with Crippen molar-refractivity contribution in [2.45, 2.75) is 43.9 Å². The maximum atomic E-state index is 11.2. The lowest BCUT2D eigenvalue weighted by Gasteiger charge is -2.46. The van der Waals surface area contributed by atoms with Crippen molar-refractivity contribution in [3.8, 4) is 0 Å². The zero-order valence-electron chi connectivity index (χ0n) is 12.1. The molecule has 1 aromatic rings. The summed E-state index contributed by atoms with van der Waals surface area (Å²) >= 11 is 0. The Morgan fingerprint density at radius 1 is 1.23 bits per heavy atom. The molecule has 1 aromatic carbocycles. The molecule has 22 heavy (non-hydrogen) atoms. The second kappa shape index (κ2) is 6.31. The summed E-state index contributed by atoms with van der Waals surface area (Å²) in [6.07, 6.45) is -4.29. The molecule has 2 aliphatic rings. The van der Waals surface area contributed by atoms with E-state index in [-0.39, 0.29) is 12.5 Å². The minimum absolute atomic E-state index is 0.186. The summed E-state index contributed by atoms with van der Waals surface area (Å²) in [5, 5.41) is 22.8. The van der Waals surface area contributed by atoms with Crippen molar-refractivity contribution in [3.63, 3.8) is 0 Å². The van der Waals surface area contributed by atoms with Gasteiger partial charge in [-0.05, 0) is 0 Å². The minimum Gasteiger partial charge on any atom is -0.388 e. The van der Waals surface area contributed by atoms with Crippen LogP contribution in [-0.2, 0) is 19.0 Å². The van der Waals surface area contributed by atoms with Crippen molar-refractivity contribution >= 4 is 5.91 Å². The van der Waals surface area contributed by atoms with Crippen molar-refractivity contribution < 1.29 is 29.2 Å². The molecule has 0 spiro atoms. The van der Waals surface area contributed by atoms with Crippen LogP contribution >= 0.6 is 0 Å². The number of carbonyl (C=O) groups is 1. The molecule has 0 bridgehead atoms. The maximum absolute atomic E-state index is 11.2. The van der Waals surface area contributed by atoms with Gasteiger partial charge in [0.15, 0.2) is 12.6 Å². The first-order valence-electron chi connectivity index (χ1n) is 7.17. The van der Waals surface area contributed by atoms with Gasteiger partial charge in [0.25, 0.3) is 0 Å². The van der Waals surface area contributed by atoms with Crippen molar-refractivity contribution in [2.75, 3.05) is 6.61 Å². The summed E-state index contributed by atoms with van der Waals surface area (Å²) in [4.78, 5) is 11.2. The van der Waals surface area contributed by atoms with E-state index in [0.29, 0.717) is 0 Å². The van der Waals surface area contributed by atoms with E-state index in [2.05, 4.69) is 5.32 Å². The Bertz CT molecular complexity index is 524. The third-order valence-corrected chi connectivity index (χ3v) is 3.83. The SMILES string of the molecule is CC(=O)N[C@@H]1[C@H](O)[C@@H]2O[C@@H](c3ccccc3)OC[C@H]2O[C@H]1O. The first-order chi connectivity index (χ1) is 10.6. The van der Waals surface area contributed by atoms with E-state index < -0.39 is 36.9 Å². The van der Waals surface area contributed by atoms with E-state index in [1.54, 1.807) is 0 Å². The number of amides is 1. The Labute approximate surface area is 127 Å². The highest BCUT2D eigenvalue weighted by Gasteiger charge is 2.49. The fourth-order valence-electron chi connectivity index (χ4n) is 2.78. The number of hydrogen-bond donors (Lipinski definition) is 3.